The van der Waals surface area contributed by atoms with Crippen LogP contribution in [-0.2, 0) is 9.53 Å². The van der Waals surface area contributed by atoms with E-state index in [1.807, 2.05) is 60.7 Å². The van der Waals surface area contributed by atoms with E-state index in [4.69, 9.17) is 4.74 Å². The molecule has 0 saturated heterocycles. The molecule has 2 aromatic carbocycles. The molecule has 2 aromatic rings. The van der Waals surface area contributed by atoms with Crippen molar-refractivity contribution in [2.45, 2.75) is 12.2 Å². The molecule has 0 aliphatic rings. The van der Waals surface area contributed by atoms with Gasteiger partial charge in [-0.2, -0.15) is 0 Å². The van der Waals surface area contributed by atoms with Crippen LogP contribution in [0.3, 0.4) is 0 Å². The number of aliphatic hydroxyl groups is 1. The Hall–Kier alpha value is -2.17. The number of carbonyl (C=O) groups is 1. The van der Waals surface area contributed by atoms with Crippen molar-refractivity contribution in [1.82, 2.24) is 5.32 Å². The maximum absolute atomic E-state index is 12.2. The smallest absolute Gasteiger partial charge is 0.253 e. The van der Waals surface area contributed by atoms with Crippen LogP contribution in [-0.4, -0.2) is 24.7 Å². The highest BCUT2D eigenvalue weighted by molar-refractivity contribution is 5.82. The van der Waals surface area contributed by atoms with E-state index in [2.05, 4.69) is 5.32 Å². The molecule has 0 spiro atoms. The molecule has 4 heteroatoms. The first kappa shape index (κ1) is 15.2. The Morgan fingerprint density at radius 3 is 2.10 bits per heavy atom. The number of nitrogens with one attached hydrogen (secondary N) is 1. The number of aliphatic hydroxyl groups excluding tert-OH is 1. The van der Waals surface area contributed by atoms with Crippen molar-refractivity contribution in [1.29, 1.82) is 0 Å². The predicted octanol–water partition coefficient (Wildman–Crippen LogP) is 2.22. The number of ether oxygens (including phenoxy) is 1. The second kappa shape index (κ2) is 7.57. The topological polar surface area (TPSA) is 58.6 Å². The van der Waals surface area contributed by atoms with Crippen LogP contribution in [0.2, 0.25) is 0 Å². The van der Waals surface area contributed by atoms with Crippen LogP contribution in [0.5, 0.6) is 0 Å². The van der Waals surface area contributed by atoms with Crippen LogP contribution < -0.4 is 5.32 Å². The molecule has 0 radical (unpaired) electrons. The molecule has 2 atom stereocenters. The Labute approximate surface area is 124 Å². The summed E-state index contributed by atoms with van der Waals surface area (Å²) in [5.41, 5.74) is 1.55. The van der Waals surface area contributed by atoms with Crippen molar-refractivity contribution < 1.29 is 14.6 Å². The fourth-order valence-electron chi connectivity index (χ4n) is 2.11. The molecule has 2 rings (SSSR count). The number of rotatable bonds is 6. The maximum Gasteiger partial charge on any atom is 0.253 e. The lowest BCUT2D eigenvalue weighted by Crippen LogP contribution is -2.33. The molecule has 2 N–H and O–H groups in total. The van der Waals surface area contributed by atoms with Gasteiger partial charge in [-0.25, -0.2) is 0 Å². The third-order valence-electron chi connectivity index (χ3n) is 3.23. The van der Waals surface area contributed by atoms with Gasteiger partial charge in [0.2, 0.25) is 0 Å². The standard InChI is InChI=1S/C17H19NO3/c1-21-16(14-10-6-3-7-11-14)17(20)18-12-15(19)13-8-4-2-5-9-13/h2-11,15-16,19H,12H2,1H3,(H,18,20). The van der Waals surface area contributed by atoms with E-state index in [1.54, 1.807) is 0 Å². The highest BCUT2D eigenvalue weighted by atomic mass is 16.5. The zero-order valence-corrected chi connectivity index (χ0v) is 11.9. The lowest BCUT2D eigenvalue weighted by molar-refractivity contribution is -0.131. The zero-order valence-electron chi connectivity index (χ0n) is 11.9. The lowest BCUT2D eigenvalue weighted by Gasteiger charge is -2.17. The Kier molecular flexibility index (Phi) is 5.49. The summed E-state index contributed by atoms with van der Waals surface area (Å²) < 4.78 is 5.24. The quantitative estimate of drug-likeness (QED) is 0.855. The molecular formula is C17H19NO3. The molecular weight excluding hydrogens is 266 g/mol. The Bertz CT molecular complexity index is 557. The number of carbonyl (C=O) groups excluding carboxylic acids is 1. The number of hydrogen-bond acceptors (Lipinski definition) is 3. The van der Waals surface area contributed by atoms with Crippen molar-refractivity contribution >= 4 is 5.91 Å². The minimum absolute atomic E-state index is 0.148. The third-order valence-corrected chi connectivity index (χ3v) is 3.23. The second-order valence-corrected chi connectivity index (χ2v) is 4.70. The zero-order chi connectivity index (χ0) is 15.1. The monoisotopic (exact) mass is 285 g/mol. The second-order valence-electron chi connectivity index (χ2n) is 4.70. The Balaban J connectivity index is 1.94. The van der Waals surface area contributed by atoms with E-state index in [9.17, 15) is 9.90 Å². The van der Waals surface area contributed by atoms with E-state index in [0.29, 0.717) is 0 Å². The summed E-state index contributed by atoms with van der Waals surface area (Å²) in [6.45, 7) is 0.148. The summed E-state index contributed by atoms with van der Waals surface area (Å²) in [5, 5.41) is 12.8. The van der Waals surface area contributed by atoms with E-state index in [-0.39, 0.29) is 12.5 Å². The van der Waals surface area contributed by atoms with Crippen LogP contribution in [0.4, 0.5) is 0 Å². The Morgan fingerprint density at radius 2 is 1.57 bits per heavy atom. The molecule has 0 bridgehead atoms. The summed E-state index contributed by atoms with van der Waals surface area (Å²) in [6.07, 6.45) is -1.40. The molecule has 0 fully saturated rings. The molecule has 4 nitrogen and oxygen atoms in total. The van der Waals surface area contributed by atoms with Gasteiger partial charge in [0, 0.05) is 13.7 Å². The summed E-state index contributed by atoms with van der Waals surface area (Å²) >= 11 is 0. The van der Waals surface area contributed by atoms with Crippen LogP contribution >= 0.6 is 0 Å². The van der Waals surface area contributed by atoms with E-state index in [0.717, 1.165) is 11.1 Å². The highest BCUT2D eigenvalue weighted by Crippen LogP contribution is 2.17. The minimum atomic E-state index is -0.733. The van der Waals surface area contributed by atoms with Gasteiger partial charge in [0.1, 0.15) is 0 Å². The normalized spacial score (nSPS) is 13.4. The first-order valence-corrected chi connectivity index (χ1v) is 6.81. The molecule has 0 heterocycles. The first-order chi connectivity index (χ1) is 10.2. The van der Waals surface area contributed by atoms with Gasteiger partial charge in [-0.15, -0.1) is 0 Å². The molecule has 0 aromatic heterocycles. The Morgan fingerprint density at radius 1 is 1.05 bits per heavy atom. The van der Waals surface area contributed by atoms with Gasteiger partial charge in [0.05, 0.1) is 6.10 Å². The molecule has 0 aliphatic heterocycles. The number of amides is 1. The number of methoxy groups -OCH3 is 1. The predicted molar refractivity (Wildman–Crippen MR) is 80.6 cm³/mol. The fraction of sp³-hybridized carbons (Fsp3) is 0.235. The third kappa shape index (κ3) is 4.15. The average molecular weight is 285 g/mol. The van der Waals surface area contributed by atoms with Gasteiger partial charge in [-0.05, 0) is 11.1 Å². The van der Waals surface area contributed by atoms with E-state index in [1.165, 1.54) is 7.11 Å². The van der Waals surface area contributed by atoms with Crippen LogP contribution in [0.15, 0.2) is 60.7 Å². The average Bonchev–Trinajstić information content (AvgIpc) is 2.55. The van der Waals surface area contributed by atoms with Gasteiger partial charge >= 0.3 is 0 Å². The molecule has 1 amide bonds. The lowest BCUT2D eigenvalue weighted by atomic mass is 10.1. The van der Waals surface area contributed by atoms with Crippen molar-refractivity contribution in [2.24, 2.45) is 0 Å². The molecule has 0 saturated carbocycles. The van der Waals surface area contributed by atoms with E-state index >= 15 is 0 Å². The summed E-state index contributed by atoms with van der Waals surface area (Å²) in [7, 11) is 1.49. The van der Waals surface area contributed by atoms with Gasteiger partial charge in [0.15, 0.2) is 6.10 Å². The molecule has 2 unspecified atom stereocenters. The van der Waals surface area contributed by atoms with Gasteiger partial charge in [-0.1, -0.05) is 60.7 Å². The summed E-state index contributed by atoms with van der Waals surface area (Å²) in [5.74, 6) is -0.265. The van der Waals surface area contributed by atoms with Crippen LogP contribution in [0.1, 0.15) is 23.3 Å². The molecule has 21 heavy (non-hydrogen) atoms. The van der Waals surface area contributed by atoms with Crippen LogP contribution in [0, 0.1) is 0 Å². The largest absolute Gasteiger partial charge is 0.387 e. The van der Waals surface area contributed by atoms with Crippen molar-refractivity contribution in [2.75, 3.05) is 13.7 Å². The van der Waals surface area contributed by atoms with Crippen molar-refractivity contribution in [3.8, 4) is 0 Å². The van der Waals surface area contributed by atoms with Crippen molar-refractivity contribution in [3.63, 3.8) is 0 Å². The molecule has 110 valence electrons. The number of benzene rings is 2. The molecule has 0 aliphatic carbocycles. The van der Waals surface area contributed by atoms with E-state index < -0.39 is 12.2 Å². The van der Waals surface area contributed by atoms with Crippen molar-refractivity contribution in [3.05, 3.63) is 71.8 Å². The van der Waals surface area contributed by atoms with Gasteiger partial charge < -0.3 is 15.2 Å². The number of hydrogen-bond donors (Lipinski definition) is 2. The summed E-state index contributed by atoms with van der Waals surface area (Å²) in [6, 6.07) is 18.5. The highest BCUT2D eigenvalue weighted by Gasteiger charge is 2.20. The SMILES string of the molecule is COC(C(=O)NCC(O)c1ccccc1)c1ccccc1. The maximum atomic E-state index is 12.2. The summed E-state index contributed by atoms with van der Waals surface area (Å²) in [4.78, 5) is 12.2. The first-order valence-electron chi connectivity index (χ1n) is 6.81. The van der Waals surface area contributed by atoms with Gasteiger partial charge in [-0.3, -0.25) is 4.79 Å². The van der Waals surface area contributed by atoms with Crippen LogP contribution in [0.25, 0.3) is 0 Å². The minimum Gasteiger partial charge on any atom is -0.387 e. The van der Waals surface area contributed by atoms with Gasteiger partial charge in [0.25, 0.3) is 5.91 Å². The fourth-order valence-corrected chi connectivity index (χ4v) is 2.11.